The normalized spacial score (nSPS) is 14.1. The molecular weight excluding hydrogens is 308 g/mol. The molecule has 0 aliphatic heterocycles. The summed E-state index contributed by atoms with van der Waals surface area (Å²) in [5.41, 5.74) is 2.36. The Kier molecular flexibility index (Phi) is 2.69. The van der Waals surface area contributed by atoms with Crippen molar-refractivity contribution in [2.24, 2.45) is 10.9 Å². The maximum atomic E-state index is 10.7. The summed E-state index contributed by atoms with van der Waals surface area (Å²) in [5.74, 6) is 4.90. The Hall–Kier alpha value is -3.41. The summed E-state index contributed by atoms with van der Waals surface area (Å²) in [6.07, 6.45) is 0. The molecule has 0 saturated heterocycles. The lowest BCUT2D eigenvalue weighted by Crippen LogP contribution is -2.03. The lowest BCUT2D eigenvalue weighted by molar-refractivity contribution is 0.457. The van der Waals surface area contributed by atoms with Crippen molar-refractivity contribution in [1.29, 1.82) is 0 Å². The third-order valence-corrected chi connectivity index (χ3v) is 4.39. The molecule has 1 aliphatic rings. The molecule has 0 spiro atoms. The van der Waals surface area contributed by atoms with E-state index in [2.05, 4.69) is 5.10 Å². The Bertz CT molecular complexity index is 1070. The van der Waals surface area contributed by atoms with E-state index in [0.29, 0.717) is 11.1 Å². The van der Waals surface area contributed by atoms with Gasteiger partial charge in [-0.05, 0) is 30.7 Å². The number of hydrazone groups is 1. The van der Waals surface area contributed by atoms with Crippen molar-refractivity contribution in [1.82, 2.24) is 0 Å². The first-order valence-corrected chi connectivity index (χ1v) is 7.27. The number of nitrogens with two attached hydrogens (primary N) is 1. The van der Waals surface area contributed by atoms with E-state index < -0.39 is 0 Å². The number of nitrogens with zero attached hydrogens (tertiary/aromatic N) is 1. The molecule has 24 heavy (non-hydrogen) atoms. The molecule has 0 bridgehead atoms. The van der Waals surface area contributed by atoms with Gasteiger partial charge >= 0.3 is 0 Å². The molecule has 0 amide bonds. The molecule has 3 aromatic rings. The van der Waals surface area contributed by atoms with E-state index in [-0.39, 0.29) is 50.6 Å². The number of phenolic OH excluding ortho intramolecular Hbond substituents is 4. The fourth-order valence-electron chi connectivity index (χ4n) is 3.44. The molecule has 0 radical (unpaired) electrons. The van der Waals surface area contributed by atoms with Gasteiger partial charge in [0.05, 0.1) is 10.9 Å². The zero-order valence-corrected chi connectivity index (χ0v) is 12.7. The predicted octanol–water partition coefficient (Wildman–Crippen LogP) is 2.66. The van der Waals surface area contributed by atoms with Gasteiger partial charge in [-0.3, -0.25) is 0 Å². The van der Waals surface area contributed by atoms with E-state index in [1.165, 1.54) is 6.07 Å². The molecular formula is C18H14N2O4. The fourth-order valence-corrected chi connectivity index (χ4v) is 3.44. The molecule has 0 heterocycles. The quantitative estimate of drug-likeness (QED) is 0.194. The summed E-state index contributed by atoms with van der Waals surface area (Å²) in [4.78, 5) is 0. The summed E-state index contributed by atoms with van der Waals surface area (Å²) in [6, 6.07) is 7.88. The Morgan fingerprint density at radius 1 is 0.875 bits per heavy atom. The number of phenols is 4. The highest BCUT2D eigenvalue weighted by Crippen LogP contribution is 2.54. The fraction of sp³-hybridized carbons (Fsp3) is 0.0556. The summed E-state index contributed by atoms with van der Waals surface area (Å²) >= 11 is 0. The van der Waals surface area contributed by atoms with Crippen molar-refractivity contribution in [3.63, 3.8) is 0 Å². The van der Waals surface area contributed by atoms with Crippen molar-refractivity contribution in [2.75, 3.05) is 0 Å². The first-order valence-electron chi connectivity index (χ1n) is 7.27. The lowest BCUT2D eigenvalue weighted by Gasteiger charge is -2.12. The van der Waals surface area contributed by atoms with Gasteiger partial charge in [0.15, 0.2) is 0 Å². The van der Waals surface area contributed by atoms with Gasteiger partial charge in [-0.2, -0.15) is 5.10 Å². The number of benzene rings is 3. The van der Waals surface area contributed by atoms with E-state index in [4.69, 9.17) is 5.84 Å². The summed E-state index contributed by atoms with van der Waals surface area (Å²) < 4.78 is 0. The van der Waals surface area contributed by atoms with Crippen LogP contribution in [0, 0.1) is 6.92 Å². The van der Waals surface area contributed by atoms with Crippen LogP contribution < -0.4 is 5.84 Å². The molecule has 4 rings (SSSR count). The third-order valence-electron chi connectivity index (χ3n) is 4.39. The summed E-state index contributed by atoms with van der Waals surface area (Å²) in [5, 5.41) is 46.1. The van der Waals surface area contributed by atoms with Crippen LogP contribution in [0.25, 0.3) is 21.9 Å². The Morgan fingerprint density at radius 2 is 1.62 bits per heavy atom. The Labute approximate surface area is 136 Å². The van der Waals surface area contributed by atoms with Crippen LogP contribution in [0.1, 0.15) is 16.7 Å². The molecule has 0 aromatic heterocycles. The third kappa shape index (κ3) is 1.57. The molecule has 3 aromatic carbocycles. The van der Waals surface area contributed by atoms with Gasteiger partial charge in [-0.1, -0.05) is 12.1 Å². The maximum absolute atomic E-state index is 10.7. The van der Waals surface area contributed by atoms with Crippen molar-refractivity contribution in [3.05, 3.63) is 47.0 Å². The van der Waals surface area contributed by atoms with Gasteiger partial charge in [-0.25, -0.2) is 0 Å². The largest absolute Gasteiger partial charge is 0.507 e. The number of fused-ring (bicyclic) bond motifs is 4. The molecule has 0 unspecified atom stereocenters. The number of rotatable bonds is 0. The van der Waals surface area contributed by atoms with E-state index in [1.807, 2.05) is 0 Å². The highest BCUT2D eigenvalue weighted by Gasteiger charge is 2.35. The van der Waals surface area contributed by atoms with E-state index in [0.717, 1.165) is 5.56 Å². The monoisotopic (exact) mass is 322 g/mol. The first-order chi connectivity index (χ1) is 11.5. The lowest BCUT2D eigenvalue weighted by atomic mass is 9.96. The second kappa shape index (κ2) is 4.55. The molecule has 0 fully saturated rings. The molecule has 6 nitrogen and oxygen atoms in total. The number of hydrogen-bond donors (Lipinski definition) is 5. The highest BCUT2D eigenvalue weighted by atomic mass is 16.3. The van der Waals surface area contributed by atoms with E-state index >= 15 is 0 Å². The van der Waals surface area contributed by atoms with Crippen LogP contribution in [-0.4, -0.2) is 26.1 Å². The summed E-state index contributed by atoms with van der Waals surface area (Å²) in [6.45, 7) is 1.80. The molecule has 6 N–H and O–H groups in total. The molecule has 6 heteroatoms. The zero-order valence-electron chi connectivity index (χ0n) is 12.7. The van der Waals surface area contributed by atoms with Crippen LogP contribution in [0.5, 0.6) is 23.0 Å². The SMILES string of the molecule is Cc1cc(O)c2c(c1)C(=NN)c1c-2c(O)c2cccc(O)c2c1O. The van der Waals surface area contributed by atoms with E-state index in [1.54, 1.807) is 31.2 Å². The van der Waals surface area contributed by atoms with Crippen LogP contribution >= 0.6 is 0 Å². The molecule has 0 saturated carbocycles. The van der Waals surface area contributed by atoms with Gasteiger partial charge in [0.25, 0.3) is 0 Å². The first kappa shape index (κ1) is 14.2. The average Bonchev–Trinajstić information content (AvgIpc) is 2.87. The highest BCUT2D eigenvalue weighted by molar-refractivity contribution is 6.30. The maximum Gasteiger partial charge on any atom is 0.137 e. The van der Waals surface area contributed by atoms with Gasteiger partial charge in [-0.15, -0.1) is 0 Å². The zero-order chi connectivity index (χ0) is 17.2. The predicted molar refractivity (Wildman–Crippen MR) is 90.6 cm³/mol. The van der Waals surface area contributed by atoms with Gasteiger partial charge < -0.3 is 26.3 Å². The Balaban J connectivity index is 2.28. The van der Waals surface area contributed by atoms with Crippen LogP contribution in [-0.2, 0) is 0 Å². The second-order valence-electron chi connectivity index (χ2n) is 5.83. The smallest absolute Gasteiger partial charge is 0.137 e. The van der Waals surface area contributed by atoms with Gasteiger partial charge in [0.1, 0.15) is 28.7 Å². The minimum atomic E-state index is -0.242. The van der Waals surface area contributed by atoms with E-state index in [9.17, 15) is 20.4 Å². The van der Waals surface area contributed by atoms with Crippen LogP contribution in [0.3, 0.4) is 0 Å². The van der Waals surface area contributed by atoms with Crippen molar-refractivity contribution in [2.45, 2.75) is 6.92 Å². The average molecular weight is 322 g/mol. The molecule has 0 atom stereocenters. The molecule has 120 valence electrons. The summed E-state index contributed by atoms with van der Waals surface area (Å²) in [7, 11) is 0. The number of aryl methyl sites for hydroxylation is 1. The van der Waals surface area contributed by atoms with Crippen molar-refractivity contribution < 1.29 is 20.4 Å². The number of hydrogen-bond acceptors (Lipinski definition) is 6. The van der Waals surface area contributed by atoms with Crippen molar-refractivity contribution >= 4 is 16.5 Å². The van der Waals surface area contributed by atoms with Crippen LogP contribution in [0.15, 0.2) is 35.4 Å². The Morgan fingerprint density at radius 3 is 2.33 bits per heavy atom. The van der Waals surface area contributed by atoms with Crippen molar-refractivity contribution in [3.8, 4) is 34.1 Å². The van der Waals surface area contributed by atoms with Gasteiger partial charge in [0.2, 0.25) is 0 Å². The van der Waals surface area contributed by atoms with Crippen LogP contribution in [0.2, 0.25) is 0 Å². The minimum Gasteiger partial charge on any atom is -0.507 e. The topological polar surface area (TPSA) is 119 Å². The van der Waals surface area contributed by atoms with Gasteiger partial charge in [0, 0.05) is 22.1 Å². The van der Waals surface area contributed by atoms with Crippen LogP contribution in [0.4, 0.5) is 0 Å². The minimum absolute atomic E-state index is 0.0425. The number of aromatic hydroxyl groups is 4. The molecule has 1 aliphatic carbocycles. The second-order valence-corrected chi connectivity index (χ2v) is 5.83. The standard InChI is InChI=1S/C18H14N2O4/c1-7-5-9-12(11(22)6-7)14-15(16(9)20-19)18(24)13-8(17(14)23)3-2-4-10(13)21/h2-6,21-24H,19H2,1H3.